The molecule has 3 aromatic rings. The number of amides is 2. The van der Waals surface area contributed by atoms with Crippen LogP contribution >= 0.6 is 11.3 Å². The lowest BCUT2D eigenvalue weighted by atomic mass is 10.3. The van der Waals surface area contributed by atoms with E-state index in [1.54, 1.807) is 24.5 Å². The lowest BCUT2D eigenvalue weighted by molar-refractivity contribution is 0.262. The number of pyridine rings is 1. The number of nitrogens with one attached hydrogen (secondary N) is 2. The van der Waals surface area contributed by atoms with E-state index in [1.165, 1.54) is 11.3 Å². The van der Waals surface area contributed by atoms with Crippen LogP contribution in [-0.4, -0.2) is 27.3 Å². The van der Waals surface area contributed by atoms with Gasteiger partial charge in [-0.3, -0.25) is 10.3 Å². The number of urea groups is 1. The molecule has 126 valence electrons. The van der Waals surface area contributed by atoms with Crippen molar-refractivity contribution in [2.75, 3.05) is 10.6 Å². The van der Waals surface area contributed by atoms with Gasteiger partial charge in [-0.1, -0.05) is 11.3 Å². The number of rotatable bonds is 5. The van der Waals surface area contributed by atoms with Gasteiger partial charge in [0, 0.05) is 23.6 Å². The molecule has 0 atom stereocenters. The van der Waals surface area contributed by atoms with Gasteiger partial charge >= 0.3 is 6.03 Å². The van der Waals surface area contributed by atoms with Crippen molar-refractivity contribution >= 4 is 28.2 Å². The van der Waals surface area contributed by atoms with E-state index < -0.39 is 0 Å². The standard InChI is InChI=1S/C17H15N5O2S/c23-16(19-12-1-3-13(4-2-12)24-14-5-6-14)20-17-22-21-15(25-17)11-7-9-18-10-8-11/h1-4,7-10,14H,5-6H2,(H2,19,20,22,23). The first-order valence-corrected chi connectivity index (χ1v) is 8.66. The zero-order valence-electron chi connectivity index (χ0n) is 13.2. The second-order valence-corrected chi connectivity index (χ2v) is 6.55. The third kappa shape index (κ3) is 4.10. The first-order valence-electron chi connectivity index (χ1n) is 7.85. The van der Waals surface area contributed by atoms with E-state index in [0.717, 1.165) is 29.2 Å². The lowest BCUT2D eigenvalue weighted by Gasteiger charge is -2.07. The number of hydrogen-bond donors (Lipinski definition) is 2. The van der Waals surface area contributed by atoms with E-state index in [2.05, 4.69) is 25.8 Å². The number of ether oxygens (including phenoxy) is 1. The summed E-state index contributed by atoms with van der Waals surface area (Å²) in [6, 6.07) is 10.6. The summed E-state index contributed by atoms with van der Waals surface area (Å²) < 4.78 is 5.68. The number of nitrogens with zero attached hydrogens (tertiary/aromatic N) is 3. The number of hydrogen-bond acceptors (Lipinski definition) is 6. The van der Waals surface area contributed by atoms with Gasteiger partial charge in [0.05, 0.1) is 6.10 Å². The molecule has 1 aliphatic carbocycles. The monoisotopic (exact) mass is 353 g/mol. The Bertz CT molecular complexity index is 862. The minimum Gasteiger partial charge on any atom is -0.490 e. The van der Waals surface area contributed by atoms with E-state index in [1.807, 2.05) is 24.3 Å². The molecule has 1 aromatic carbocycles. The summed E-state index contributed by atoms with van der Waals surface area (Å²) in [7, 11) is 0. The minimum absolute atomic E-state index is 0.356. The Hall–Kier alpha value is -3.00. The predicted molar refractivity (Wildman–Crippen MR) is 95.9 cm³/mol. The van der Waals surface area contributed by atoms with Crippen molar-refractivity contribution in [1.82, 2.24) is 15.2 Å². The van der Waals surface area contributed by atoms with Crippen molar-refractivity contribution in [3.05, 3.63) is 48.8 Å². The van der Waals surface area contributed by atoms with Gasteiger partial charge in [0.2, 0.25) is 5.13 Å². The molecular formula is C17H15N5O2S. The summed E-state index contributed by atoms with van der Waals surface area (Å²) in [4.78, 5) is 16.0. The van der Waals surface area contributed by atoms with Gasteiger partial charge < -0.3 is 10.1 Å². The van der Waals surface area contributed by atoms with Crippen LogP contribution in [0, 0.1) is 0 Å². The second kappa shape index (κ2) is 6.86. The molecule has 0 spiro atoms. The van der Waals surface area contributed by atoms with E-state index >= 15 is 0 Å². The number of carbonyl (C=O) groups excluding carboxylic acids is 1. The summed E-state index contributed by atoms with van der Waals surface area (Å²) in [6.07, 6.45) is 5.96. The van der Waals surface area contributed by atoms with E-state index in [4.69, 9.17) is 4.74 Å². The van der Waals surface area contributed by atoms with Gasteiger partial charge in [-0.05, 0) is 49.2 Å². The summed E-state index contributed by atoms with van der Waals surface area (Å²) in [5.74, 6) is 0.819. The highest BCUT2D eigenvalue weighted by Gasteiger charge is 2.23. The predicted octanol–water partition coefficient (Wildman–Crippen LogP) is 3.79. The van der Waals surface area contributed by atoms with Gasteiger partial charge in [-0.2, -0.15) is 0 Å². The fourth-order valence-electron chi connectivity index (χ4n) is 2.14. The van der Waals surface area contributed by atoms with Gasteiger partial charge in [0.25, 0.3) is 0 Å². The van der Waals surface area contributed by atoms with Gasteiger partial charge in [0.15, 0.2) is 0 Å². The normalized spacial score (nSPS) is 13.3. The van der Waals surface area contributed by atoms with Crippen molar-refractivity contribution in [3.63, 3.8) is 0 Å². The molecule has 0 bridgehead atoms. The SMILES string of the molecule is O=C(Nc1ccc(OC2CC2)cc1)Nc1nnc(-c2ccncc2)s1. The molecule has 2 aromatic heterocycles. The molecule has 0 aliphatic heterocycles. The molecule has 25 heavy (non-hydrogen) atoms. The molecule has 2 N–H and O–H groups in total. The average molecular weight is 353 g/mol. The number of carbonyl (C=O) groups is 1. The fraction of sp³-hybridized carbons (Fsp3) is 0.176. The van der Waals surface area contributed by atoms with Gasteiger partial charge in [-0.25, -0.2) is 4.79 Å². The molecule has 0 radical (unpaired) electrons. The number of aromatic nitrogens is 3. The van der Waals surface area contributed by atoms with Crippen LogP contribution in [0.2, 0.25) is 0 Å². The molecule has 1 fully saturated rings. The van der Waals surface area contributed by atoms with Crippen LogP contribution in [0.5, 0.6) is 5.75 Å². The Labute approximate surface area is 148 Å². The van der Waals surface area contributed by atoms with Crippen LogP contribution in [0.15, 0.2) is 48.8 Å². The lowest BCUT2D eigenvalue weighted by Crippen LogP contribution is -2.19. The Morgan fingerprint density at radius 2 is 1.80 bits per heavy atom. The number of anilines is 2. The molecule has 4 rings (SSSR count). The van der Waals surface area contributed by atoms with E-state index in [-0.39, 0.29) is 6.03 Å². The third-order valence-corrected chi connectivity index (χ3v) is 4.40. The third-order valence-electron chi connectivity index (χ3n) is 3.51. The van der Waals surface area contributed by atoms with Crippen molar-refractivity contribution < 1.29 is 9.53 Å². The molecule has 0 unspecified atom stereocenters. The van der Waals surface area contributed by atoms with Crippen LogP contribution in [0.3, 0.4) is 0 Å². The molecular weight excluding hydrogens is 338 g/mol. The maximum Gasteiger partial charge on any atom is 0.325 e. The molecule has 1 saturated carbocycles. The van der Waals surface area contributed by atoms with Crippen molar-refractivity contribution in [2.24, 2.45) is 0 Å². The van der Waals surface area contributed by atoms with Crippen LogP contribution in [0.1, 0.15) is 12.8 Å². The molecule has 1 aliphatic rings. The highest BCUT2D eigenvalue weighted by Crippen LogP contribution is 2.28. The summed E-state index contributed by atoms with van der Waals surface area (Å²) in [5.41, 5.74) is 1.59. The highest BCUT2D eigenvalue weighted by molar-refractivity contribution is 7.18. The largest absolute Gasteiger partial charge is 0.490 e. The Morgan fingerprint density at radius 3 is 2.52 bits per heavy atom. The minimum atomic E-state index is -0.367. The average Bonchev–Trinajstić information content (AvgIpc) is 3.33. The quantitative estimate of drug-likeness (QED) is 0.728. The van der Waals surface area contributed by atoms with Gasteiger partial charge in [0.1, 0.15) is 10.8 Å². The molecule has 8 heteroatoms. The fourth-order valence-corrected chi connectivity index (χ4v) is 2.88. The highest BCUT2D eigenvalue weighted by atomic mass is 32.1. The first-order chi connectivity index (χ1) is 12.3. The molecule has 0 saturated heterocycles. The van der Waals surface area contributed by atoms with Crippen LogP contribution in [-0.2, 0) is 0 Å². The smallest absolute Gasteiger partial charge is 0.325 e. The molecule has 2 amide bonds. The van der Waals surface area contributed by atoms with Crippen molar-refractivity contribution in [1.29, 1.82) is 0 Å². The number of benzene rings is 1. The van der Waals surface area contributed by atoms with Crippen LogP contribution < -0.4 is 15.4 Å². The summed E-state index contributed by atoms with van der Waals surface area (Å²) in [5, 5.41) is 14.7. The molecule has 7 nitrogen and oxygen atoms in total. The maximum atomic E-state index is 12.1. The Kier molecular flexibility index (Phi) is 4.26. The summed E-state index contributed by atoms with van der Waals surface area (Å²) in [6.45, 7) is 0. The van der Waals surface area contributed by atoms with E-state index in [0.29, 0.717) is 16.9 Å². The van der Waals surface area contributed by atoms with Crippen molar-refractivity contribution in [3.8, 4) is 16.3 Å². The topological polar surface area (TPSA) is 89.0 Å². The van der Waals surface area contributed by atoms with Gasteiger partial charge in [-0.15, -0.1) is 10.2 Å². The zero-order valence-corrected chi connectivity index (χ0v) is 14.0. The van der Waals surface area contributed by atoms with E-state index in [9.17, 15) is 4.79 Å². The molecule has 2 heterocycles. The Morgan fingerprint density at radius 1 is 1.04 bits per heavy atom. The summed E-state index contributed by atoms with van der Waals surface area (Å²) >= 11 is 1.30. The maximum absolute atomic E-state index is 12.1. The van der Waals surface area contributed by atoms with Crippen LogP contribution in [0.4, 0.5) is 15.6 Å². The van der Waals surface area contributed by atoms with Crippen molar-refractivity contribution in [2.45, 2.75) is 18.9 Å². The zero-order chi connectivity index (χ0) is 17.1. The Balaban J connectivity index is 1.35. The van der Waals surface area contributed by atoms with Crippen LogP contribution in [0.25, 0.3) is 10.6 Å². The first kappa shape index (κ1) is 15.5. The second-order valence-electron chi connectivity index (χ2n) is 5.57.